The SMILES string of the molecule is CCCCC(COCc1ccccc1)[SiH2]c1ccccc1. The zero-order valence-electron chi connectivity index (χ0n) is 13.0. The molecule has 112 valence electrons. The molecule has 0 N–H and O–H groups in total. The summed E-state index contributed by atoms with van der Waals surface area (Å²) in [5, 5.41) is 1.56. The van der Waals surface area contributed by atoms with Gasteiger partial charge in [0.1, 0.15) is 0 Å². The Labute approximate surface area is 131 Å². The molecule has 1 nitrogen and oxygen atoms in total. The molecule has 0 fully saturated rings. The van der Waals surface area contributed by atoms with Crippen LogP contribution in [0.15, 0.2) is 60.7 Å². The monoisotopic (exact) mass is 298 g/mol. The minimum Gasteiger partial charge on any atom is -0.377 e. The van der Waals surface area contributed by atoms with Crippen LogP contribution in [0.3, 0.4) is 0 Å². The molecule has 2 aromatic rings. The quantitative estimate of drug-likeness (QED) is 0.642. The van der Waals surface area contributed by atoms with Gasteiger partial charge < -0.3 is 4.74 Å². The Kier molecular flexibility index (Phi) is 7.26. The van der Waals surface area contributed by atoms with E-state index < -0.39 is 0 Å². The first-order valence-corrected chi connectivity index (χ1v) is 9.56. The second-order valence-corrected chi connectivity index (χ2v) is 8.08. The fourth-order valence-corrected chi connectivity index (χ4v) is 4.59. The van der Waals surface area contributed by atoms with Crippen molar-refractivity contribution in [3.8, 4) is 0 Å². The minimum atomic E-state index is -0.243. The molecule has 21 heavy (non-hydrogen) atoms. The van der Waals surface area contributed by atoms with Gasteiger partial charge in [-0.25, -0.2) is 0 Å². The van der Waals surface area contributed by atoms with Gasteiger partial charge in [0.2, 0.25) is 0 Å². The summed E-state index contributed by atoms with van der Waals surface area (Å²) in [5.41, 5.74) is 2.03. The average molecular weight is 299 g/mol. The van der Waals surface area contributed by atoms with Crippen LogP contribution in [-0.2, 0) is 11.3 Å². The van der Waals surface area contributed by atoms with Crippen LogP contribution in [-0.4, -0.2) is 16.1 Å². The van der Waals surface area contributed by atoms with Crippen LogP contribution in [0.4, 0.5) is 0 Å². The Morgan fingerprint density at radius 2 is 1.62 bits per heavy atom. The first kappa shape index (κ1) is 16.0. The van der Waals surface area contributed by atoms with E-state index in [0.29, 0.717) is 0 Å². The highest BCUT2D eigenvalue weighted by Crippen LogP contribution is 2.15. The smallest absolute Gasteiger partial charge is 0.0716 e. The summed E-state index contributed by atoms with van der Waals surface area (Å²) in [6, 6.07) is 21.4. The van der Waals surface area contributed by atoms with Crippen molar-refractivity contribution in [2.24, 2.45) is 0 Å². The molecule has 0 aromatic heterocycles. The number of ether oxygens (including phenoxy) is 1. The Hall–Kier alpha value is -1.38. The molecule has 0 aliphatic heterocycles. The van der Waals surface area contributed by atoms with Gasteiger partial charge in [-0.2, -0.15) is 0 Å². The second-order valence-electron chi connectivity index (χ2n) is 5.70. The number of hydrogen-bond donors (Lipinski definition) is 0. The van der Waals surface area contributed by atoms with Crippen LogP contribution < -0.4 is 5.19 Å². The van der Waals surface area contributed by atoms with Crippen LogP contribution in [0.25, 0.3) is 0 Å². The van der Waals surface area contributed by atoms with Gasteiger partial charge in [0.05, 0.1) is 16.1 Å². The summed E-state index contributed by atoms with van der Waals surface area (Å²) in [5.74, 6) is 0. The lowest BCUT2D eigenvalue weighted by molar-refractivity contribution is 0.117. The van der Waals surface area contributed by atoms with Gasteiger partial charge in [-0.1, -0.05) is 92.0 Å². The Balaban J connectivity index is 1.81. The Bertz CT molecular complexity index is 483. The van der Waals surface area contributed by atoms with Crippen molar-refractivity contribution in [3.05, 3.63) is 66.2 Å². The van der Waals surface area contributed by atoms with Gasteiger partial charge in [-0.05, 0) is 11.1 Å². The molecular formula is C19H26OSi. The summed E-state index contributed by atoms with van der Waals surface area (Å²) in [4.78, 5) is 0. The van der Waals surface area contributed by atoms with Gasteiger partial charge >= 0.3 is 0 Å². The van der Waals surface area contributed by atoms with E-state index in [1.165, 1.54) is 24.8 Å². The van der Waals surface area contributed by atoms with Gasteiger partial charge in [-0.3, -0.25) is 0 Å². The lowest BCUT2D eigenvalue weighted by atomic mass is 10.2. The van der Waals surface area contributed by atoms with Crippen molar-refractivity contribution in [1.29, 1.82) is 0 Å². The van der Waals surface area contributed by atoms with Crippen LogP contribution in [0, 0.1) is 0 Å². The molecule has 2 rings (SSSR count). The lowest BCUT2D eigenvalue weighted by Gasteiger charge is -2.16. The van der Waals surface area contributed by atoms with E-state index in [-0.39, 0.29) is 9.52 Å². The van der Waals surface area contributed by atoms with Crippen molar-refractivity contribution in [3.63, 3.8) is 0 Å². The average Bonchev–Trinajstić information content (AvgIpc) is 2.54. The van der Waals surface area contributed by atoms with Crippen molar-refractivity contribution < 1.29 is 4.74 Å². The summed E-state index contributed by atoms with van der Waals surface area (Å²) in [7, 11) is -0.243. The third-order valence-corrected chi connectivity index (χ3v) is 5.96. The number of rotatable bonds is 9. The molecule has 0 amide bonds. The molecule has 0 aliphatic carbocycles. The van der Waals surface area contributed by atoms with Crippen molar-refractivity contribution in [1.82, 2.24) is 0 Å². The van der Waals surface area contributed by atoms with Crippen LogP contribution in [0.2, 0.25) is 5.54 Å². The number of unbranched alkanes of at least 4 members (excludes halogenated alkanes) is 1. The minimum absolute atomic E-state index is 0.243. The molecule has 0 spiro atoms. The third-order valence-electron chi connectivity index (χ3n) is 3.80. The summed E-state index contributed by atoms with van der Waals surface area (Å²) < 4.78 is 5.99. The molecule has 0 aliphatic rings. The van der Waals surface area contributed by atoms with E-state index in [1.807, 2.05) is 0 Å². The maximum Gasteiger partial charge on any atom is 0.0716 e. The van der Waals surface area contributed by atoms with Gasteiger partial charge in [0.25, 0.3) is 0 Å². The highest BCUT2D eigenvalue weighted by molar-refractivity contribution is 6.55. The molecule has 0 radical (unpaired) electrons. The predicted octanol–water partition coefficient (Wildman–Crippen LogP) is 3.68. The van der Waals surface area contributed by atoms with E-state index in [9.17, 15) is 0 Å². The van der Waals surface area contributed by atoms with Gasteiger partial charge in [0.15, 0.2) is 0 Å². The zero-order valence-corrected chi connectivity index (χ0v) is 14.4. The van der Waals surface area contributed by atoms with E-state index in [2.05, 4.69) is 67.6 Å². The van der Waals surface area contributed by atoms with Crippen LogP contribution >= 0.6 is 0 Å². The molecule has 2 aromatic carbocycles. The van der Waals surface area contributed by atoms with E-state index >= 15 is 0 Å². The van der Waals surface area contributed by atoms with Crippen molar-refractivity contribution >= 4 is 14.7 Å². The molecule has 2 heteroatoms. The highest BCUT2D eigenvalue weighted by atomic mass is 28.2. The topological polar surface area (TPSA) is 9.23 Å². The molecule has 0 bridgehead atoms. The lowest BCUT2D eigenvalue weighted by Crippen LogP contribution is -2.22. The van der Waals surface area contributed by atoms with Crippen LogP contribution in [0.5, 0.6) is 0 Å². The maximum atomic E-state index is 5.99. The third kappa shape index (κ3) is 6.28. The van der Waals surface area contributed by atoms with Crippen LogP contribution in [0.1, 0.15) is 31.7 Å². The molecule has 0 saturated carbocycles. The Morgan fingerprint density at radius 1 is 0.952 bits per heavy atom. The number of benzene rings is 2. The highest BCUT2D eigenvalue weighted by Gasteiger charge is 2.10. The molecule has 0 heterocycles. The Morgan fingerprint density at radius 3 is 2.29 bits per heavy atom. The first-order chi connectivity index (χ1) is 10.4. The molecule has 1 atom stereocenters. The molecular weight excluding hydrogens is 272 g/mol. The molecule has 1 unspecified atom stereocenters. The fraction of sp³-hybridized carbons (Fsp3) is 0.368. The van der Waals surface area contributed by atoms with Gasteiger partial charge in [-0.15, -0.1) is 0 Å². The molecule has 0 saturated heterocycles. The fourth-order valence-electron chi connectivity index (χ4n) is 2.60. The van der Waals surface area contributed by atoms with Crippen molar-refractivity contribution in [2.45, 2.75) is 38.3 Å². The van der Waals surface area contributed by atoms with E-state index in [0.717, 1.165) is 18.8 Å². The summed E-state index contributed by atoms with van der Waals surface area (Å²) in [6.07, 6.45) is 3.91. The number of hydrogen-bond acceptors (Lipinski definition) is 1. The predicted molar refractivity (Wildman–Crippen MR) is 94.0 cm³/mol. The van der Waals surface area contributed by atoms with E-state index in [1.54, 1.807) is 5.19 Å². The summed E-state index contributed by atoms with van der Waals surface area (Å²) in [6.45, 7) is 3.93. The van der Waals surface area contributed by atoms with Gasteiger partial charge in [0, 0.05) is 6.61 Å². The largest absolute Gasteiger partial charge is 0.377 e. The van der Waals surface area contributed by atoms with Crippen molar-refractivity contribution in [2.75, 3.05) is 6.61 Å². The van der Waals surface area contributed by atoms with E-state index in [4.69, 9.17) is 4.74 Å². The zero-order chi connectivity index (χ0) is 14.8. The second kappa shape index (κ2) is 9.53. The first-order valence-electron chi connectivity index (χ1n) is 8.04. The standard InChI is InChI=1S/C19H26OSi/c1-2-3-12-19(21-18-13-8-5-9-14-18)16-20-15-17-10-6-4-7-11-17/h4-11,13-14,19H,2-3,12,15-16,21H2,1H3. The summed E-state index contributed by atoms with van der Waals surface area (Å²) >= 11 is 0. The normalized spacial score (nSPS) is 12.8. The maximum absolute atomic E-state index is 5.99.